The van der Waals surface area contributed by atoms with E-state index in [4.69, 9.17) is 0 Å². The Morgan fingerprint density at radius 1 is 1.39 bits per heavy atom. The third-order valence-electron chi connectivity index (χ3n) is 2.74. The van der Waals surface area contributed by atoms with Crippen LogP contribution < -0.4 is 10.6 Å². The quantitative estimate of drug-likeness (QED) is 0.757. The van der Waals surface area contributed by atoms with Crippen LogP contribution in [0.4, 0.5) is 0 Å². The molecule has 2 atom stereocenters. The summed E-state index contributed by atoms with van der Waals surface area (Å²) in [6.07, 6.45) is 2.54. The molecule has 0 radical (unpaired) electrons. The van der Waals surface area contributed by atoms with Gasteiger partial charge >= 0.3 is 0 Å². The van der Waals surface area contributed by atoms with Gasteiger partial charge in [-0.25, -0.2) is 0 Å². The van der Waals surface area contributed by atoms with Gasteiger partial charge in [0.1, 0.15) is 0 Å². The molecule has 18 heavy (non-hydrogen) atoms. The fraction of sp³-hybridized carbons (Fsp3) is 0.400. The van der Waals surface area contributed by atoms with Crippen LogP contribution in [0.2, 0.25) is 0 Å². The van der Waals surface area contributed by atoms with E-state index in [2.05, 4.69) is 17.2 Å². The van der Waals surface area contributed by atoms with E-state index in [0.29, 0.717) is 0 Å². The Kier molecular flexibility index (Phi) is 7.72. The van der Waals surface area contributed by atoms with E-state index in [9.17, 15) is 4.79 Å². The molecule has 0 saturated carbocycles. The van der Waals surface area contributed by atoms with Gasteiger partial charge in [-0.15, -0.1) is 6.58 Å². The summed E-state index contributed by atoms with van der Waals surface area (Å²) in [6, 6.07) is 9.85. The first-order valence-corrected chi connectivity index (χ1v) is 5.81. The van der Waals surface area contributed by atoms with E-state index in [-0.39, 0.29) is 25.4 Å². The Bertz CT molecular complexity index is 362. The molecule has 2 N–H and O–H groups in total. The van der Waals surface area contributed by atoms with Crippen molar-refractivity contribution < 1.29 is 4.79 Å². The summed E-state index contributed by atoms with van der Waals surface area (Å²) < 4.78 is 0. The zero-order valence-electron chi connectivity index (χ0n) is 10.4. The lowest BCUT2D eigenvalue weighted by Gasteiger charge is -2.18. The molecule has 1 amide bonds. The van der Waals surface area contributed by atoms with Crippen molar-refractivity contribution in [2.24, 2.45) is 0 Å². The van der Waals surface area contributed by atoms with Crippen LogP contribution in [0.25, 0.3) is 0 Å². The number of rotatable bonds is 6. The van der Waals surface area contributed by atoms with Crippen LogP contribution in [0.15, 0.2) is 43.0 Å². The number of likely N-dealkylation sites (N-methyl/N-ethyl adjacent to an activating group) is 1. The standard InChI is InChI=1S/C14H20N2O.CH4/c1-4-13(16-14(17)11(2)15-3)10-12-8-6-5-7-9-12;/h4-9,11,13,15H,1,10H2,2-3H3,(H,16,17);1H4/t11?,13-;/m1./s1. The summed E-state index contributed by atoms with van der Waals surface area (Å²) in [7, 11) is 1.77. The van der Waals surface area contributed by atoms with Crippen LogP contribution in [0.3, 0.4) is 0 Å². The molecule has 0 aliphatic rings. The molecule has 0 aliphatic heterocycles. The average molecular weight is 248 g/mol. The molecular formula is C15H24N2O. The van der Waals surface area contributed by atoms with Crippen molar-refractivity contribution in [2.45, 2.75) is 32.9 Å². The van der Waals surface area contributed by atoms with E-state index in [0.717, 1.165) is 6.42 Å². The maximum absolute atomic E-state index is 11.7. The summed E-state index contributed by atoms with van der Waals surface area (Å²) in [5.41, 5.74) is 1.19. The number of hydrogen-bond acceptors (Lipinski definition) is 2. The number of nitrogens with one attached hydrogen (secondary N) is 2. The van der Waals surface area contributed by atoms with Crippen LogP contribution in [0, 0.1) is 0 Å². The van der Waals surface area contributed by atoms with Gasteiger partial charge in [0, 0.05) is 0 Å². The van der Waals surface area contributed by atoms with E-state index in [1.807, 2.05) is 37.3 Å². The Morgan fingerprint density at radius 2 is 2.00 bits per heavy atom. The average Bonchev–Trinajstić information content (AvgIpc) is 2.38. The van der Waals surface area contributed by atoms with Gasteiger partial charge in [0.2, 0.25) is 5.91 Å². The van der Waals surface area contributed by atoms with Crippen molar-refractivity contribution >= 4 is 5.91 Å². The summed E-state index contributed by atoms with van der Waals surface area (Å²) in [6.45, 7) is 5.59. The van der Waals surface area contributed by atoms with Crippen LogP contribution in [0.5, 0.6) is 0 Å². The Balaban J connectivity index is 0.00000289. The molecule has 1 unspecified atom stereocenters. The highest BCUT2D eigenvalue weighted by atomic mass is 16.2. The van der Waals surface area contributed by atoms with E-state index in [1.54, 1.807) is 13.1 Å². The Labute approximate surface area is 110 Å². The third kappa shape index (κ3) is 5.15. The highest BCUT2D eigenvalue weighted by molar-refractivity contribution is 5.81. The van der Waals surface area contributed by atoms with Gasteiger partial charge in [-0.2, -0.15) is 0 Å². The predicted molar refractivity (Wildman–Crippen MR) is 77.5 cm³/mol. The first kappa shape index (κ1) is 16.4. The predicted octanol–water partition coefficient (Wildman–Crippen LogP) is 2.14. The SMILES string of the molecule is C.C=C[C@H](Cc1ccccc1)NC(=O)C(C)NC. The largest absolute Gasteiger partial charge is 0.348 e. The number of carbonyl (C=O) groups is 1. The maximum Gasteiger partial charge on any atom is 0.237 e. The number of hydrogen-bond donors (Lipinski definition) is 2. The number of carbonyl (C=O) groups excluding carboxylic acids is 1. The fourth-order valence-electron chi connectivity index (χ4n) is 1.50. The summed E-state index contributed by atoms with van der Waals surface area (Å²) >= 11 is 0. The van der Waals surface area contributed by atoms with Crippen molar-refractivity contribution in [3.8, 4) is 0 Å². The lowest BCUT2D eigenvalue weighted by Crippen LogP contribution is -2.45. The minimum absolute atomic E-state index is 0. The van der Waals surface area contributed by atoms with Crippen molar-refractivity contribution in [3.63, 3.8) is 0 Å². The molecule has 0 fully saturated rings. The van der Waals surface area contributed by atoms with Crippen molar-refractivity contribution in [1.82, 2.24) is 10.6 Å². The molecule has 0 bridgehead atoms. The highest BCUT2D eigenvalue weighted by Gasteiger charge is 2.14. The van der Waals surface area contributed by atoms with Gasteiger partial charge in [0.25, 0.3) is 0 Å². The fourth-order valence-corrected chi connectivity index (χ4v) is 1.50. The van der Waals surface area contributed by atoms with Gasteiger partial charge in [-0.3, -0.25) is 4.79 Å². The molecule has 100 valence electrons. The molecule has 0 aliphatic carbocycles. The van der Waals surface area contributed by atoms with Crippen molar-refractivity contribution in [3.05, 3.63) is 48.6 Å². The number of amides is 1. The topological polar surface area (TPSA) is 41.1 Å². The first-order valence-electron chi connectivity index (χ1n) is 5.81. The van der Waals surface area contributed by atoms with E-state index < -0.39 is 0 Å². The zero-order chi connectivity index (χ0) is 12.7. The molecule has 3 nitrogen and oxygen atoms in total. The second-order valence-electron chi connectivity index (χ2n) is 4.05. The van der Waals surface area contributed by atoms with Gasteiger partial charge < -0.3 is 10.6 Å². The lowest BCUT2D eigenvalue weighted by molar-refractivity contribution is -0.123. The van der Waals surface area contributed by atoms with Crippen LogP contribution >= 0.6 is 0 Å². The lowest BCUT2D eigenvalue weighted by atomic mass is 10.1. The highest BCUT2D eigenvalue weighted by Crippen LogP contribution is 2.04. The summed E-state index contributed by atoms with van der Waals surface area (Å²) in [5.74, 6) is -0.00617. The monoisotopic (exact) mass is 248 g/mol. The molecule has 1 aromatic rings. The van der Waals surface area contributed by atoms with Crippen molar-refractivity contribution in [1.29, 1.82) is 0 Å². The molecular weight excluding hydrogens is 224 g/mol. The zero-order valence-corrected chi connectivity index (χ0v) is 10.4. The van der Waals surface area contributed by atoms with E-state index >= 15 is 0 Å². The van der Waals surface area contributed by atoms with Crippen LogP contribution in [-0.2, 0) is 11.2 Å². The summed E-state index contributed by atoms with van der Waals surface area (Å²) in [4.78, 5) is 11.7. The molecule has 1 rings (SSSR count). The summed E-state index contributed by atoms with van der Waals surface area (Å²) in [5, 5.41) is 5.86. The smallest absolute Gasteiger partial charge is 0.237 e. The minimum Gasteiger partial charge on any atom is -0.348 e. The molecule has 0 aromatic heterocycles. The van der Waals surface area contributed by atoms with Gasteiger partial charge in [0.05, 0.1) is 12.1 Å². The molecule has 0 spiro atoms. The molecule has 1 aromatic carbocycles. The first-order chi connectivity index (χ1) is 8.17. The van der Waals surface area contributed by atoms with Gasteiger partial charge in [-0.05, 0) is 26.0 Å². The van der Waals surface area contributed by atoms with Crippen molar-refractivity contribution in [2.75, 3.05) is 7.05 Å². The van der Waals surface area contributed by atoms with Gasteiger partial charge in [0.15, 0.2) is 0 Å². The molecule has 0 heterocycles. The minimum atomic E-state index is -0.187. The second kappa shape index (κ2) is 8.48. The second-order valence-corrected chi connectivity index (χ2v) is 4.05. The third-order valence-corrected chi connectivity index (χ3v) is 2.74. The Hall–Kier alpha value is -1.61. The maximum atomic E-state index is 11.7. The Morgan fingerprint density at radius 3 is 2.50 bits per heavy atom. The van der Waals surface area contributed by atoms with Crippen LogP contribution in [0.1, 0.15) is 19.9 Å². The normalized spacial score (nSPS) is 13.0. The molecule has 3 heteroatoms. The van der Waals surface area contributed by atoms with Crippen LogP contribution in [-0.4, -0.2) is 25.0 Å². The number of benzene rings is 1. The molecule has 0 saturated heterocycles. The van der Waals surface area contributed by atoms with E-state index in [1.165, 1.54) is 5.56 Å². The van der Waals surface area contributed by atoms with Gasteiger partial charge in [-0.1, -0.05) is 43.8 Å².